The number of aryl methyl sites for hydroxylation is 1. The maximum atomic E-state index is 6.36. The molecule has 20 heavy (non-hydrogen) atoms. The summed E-state index contributed by atoms with van der Waals surface area (Å²) in [4.78, 5) is 0. The first-order valence-electron chi connectivity index (χ1n) is 6.92. The third kappa shape index (κ3) is 2.82. The summed E-state index contributed by atoms with van der Waals surface area (Å²) >= 11 is 6.36. The van der Waals surface area contributed by atoms with Gasteiger partial charge in [0.05, 0.1) is 12.1 Å². The first-order chi connectivity index (χ1) is 9.65. The normalized spacial score (nSPS) is 15.9. The van der Waals surface area contributed by atoms with E-state index in [0.29, 0.717) is 6.10 Å². The second-order valence-electron chi connectivity index (χ2n) is 5.35. The van der Waals surface area contributed by atoms with Gasteiger partial charge in [0.15, 0.2) is 0 Å². The third-order valence-electron chi connectivity index (χ3n) is 3.60. The first-order valence-corrected chi connectivity index (χ1v) is 7.30. The number of hydrogen-bond donors (Lipinski definition) is 1. The Bertz CT molecular complexity index is 622. The lowest BCUT2D eigenvalue weighted by Gasteiger charge is -2.16. The van der Waals surface area contributed by atoms with Crippen LogP contribution in [-0.2, 0) is 0 Å². The molecule has 0 saturated heterocycles. The van der Waals surface area contributed by atoms with Gasteiger partial charge in [0.1, 0.15) is 5.75 Å². The van der Waals surface area contributed by atoms with E-state index < -0.39 is 0 Å². The molecule has 2 N–H and O–H groups in total. The van der Waals surface area contributed by atoms with Gasteiger partial charge in [-0.1, -0.05) is 41.9 Å². The van der Waals surface area contributed by atoms with Gasteiger partial charge in [0.25, 0.3) is 0 Å². The molecule has 0 amide bonds. The predicted molar refractivity (Wildman–Crippen MR) is 82.3 cm³/mol. The van der Waals surface area contributed by atoms with Crippen LogP contribution in [0.1, 0.15) is 35.6 Å². The van der Waals surface area contributed by atoms with Crippen LogP contribution in [0.5, 0.6) is 5.75 Å². The van der Waals surface area contributed by atoms with E-state index in [2.05, 4.69) is 0 Å². The molecule has 1 aliphatic rings. The van der Waals surface area contributed by atoms with Crippen molar-refractivity contribution in [3.63, 3.8) is 0 Å². The zero-order chi connectivity index (χ0) is 14.1. The molecule has 0 spiro atoms. The van der Waals surface area contributed by atoms with E-state index in [4.69, 9.17) is 22.1 Å². The van der Waals surface area contributed by atoms with Crippen molar-refractivity contribution in [3.8, 4) is 5.75 Å². The number of benzene rings is 2. The molecule has 1 fully saturated rings. The molecule has 0 radical (unpaired) electrons. The second-order valence-corrected chi connectivity index (χ2v) is 5.72. The van der Waals surface area contributed by atoms with Crippen LogP contribution in [0, 0.1) is 6.92 Å². The monoisotopic (exact) mass is 287 g/mol. The lowest BCUT2D eigenvalue weighted by Crippen LogP contribution is -2.13. The van der Waals surface area contributed by atoms with Crippen molar-refractivity contribution in [1.82, 2.24) is 0 Å². The highest BCUT2D eigenvalue weighted by atomic mass is 35.5. The Kier molecular flexibility index (Phi) is 3.68. The number of rotatable bonds is 4. The Morgan fingerprint density at radius 1 is 1.20 bits per heavy atom. The summed E-state index contributed by atoms with van der Waals surface area (Å²) in [6, 6.07) is 13.7. The van der Waals surface area contributed by atoms with Crippen molar-refractivity contribution < 1.29 is 4.74 Å². The number of ether oxygens (including phenoxy) is 1. The number of halogens is 1. The van der Waals surface area contributed by atoms with Crippen LogP contribution >= 0.6 is 11.6 Å². The SMILES string of the molecule is Cc1cccc(C(N)c2cccc(OC3CC3)c2)c1Cl. The molecule has 0 heterocycles. The zero-order valence-electron chi connectivity index (χ0n) is 11.5. The van der Waals surface area contributed by atoms with Crippen LogP contribution in [0.4, 0.5) is 0 Å². The fraction of sp³-hybridized carbons (Fsp3) is 0.294. The fourth-order valence-corrected chi connectivity index (χ4v) is 2.49. The highest BCUT2D eigenvalue weighted by molar-refractivity contribution is 6.32. The van der Waals surface area contributed by atoms with Gasteiger partial charge in [-0.25, -0.2) is 0 Å². The van der Waals surface area contributed by atoms with Crippen molar-refractivity contribution in [2.75, 3.05) is 0 Å². The zero-order valence-corrected chi connectivity index (χ0v) is 12.2. The molecule has 104 valence electrons. The van der Waals surface area contributed by atoms with Crippen molar-refractivity contribution in [3.05, 3.63) is 64.2 Å². The Morgan fingerprint density at radius 2 is 1.95 bits per heavy atom. The van der Waals surface area contributed by atoms with Crippen LogP contribution in [0.2, 0.25) is 5.02 Å². The summed E-state index contributed by atoms with van der Waals surface area (Å²) in [5, 5.41) is 0.744. The standard InChI is InChI=1S/C17H18ClNO/c1-11-4-2-7-15(16(11)18)17(19)12-5-3-6-14(10-12)20-13-8-9-13/h2-7,10,13,17H,8-9,19H2,1H3. The van der Waals surface area contributed by atoms with E-state index in [1.165, 1.54) is 0 Å². The van der Waals surface area contributed by atoms with Gasteiger partial charge in [0.2, 0.25) is 0 Å². The fourth-order valence-electron chi connectivity index (χ4n) is 2.25. The van der Waals surface area contributed by atoms with E-state index >= 15 is 0 Å². The average Bonchev–Trinajstić information content (AvgIpc) is 3.25. The van der Waals surface area contributed by atoms with Crippen molar-refractivity contribution in [2.45, 2.75) is 31.9 Å². The molecule has 1 unspecified atom stereocenters. The summed E-state index contributed by atoms with van der Waals surface area (Å²) in [7, 11) is 0. The molecule has 2 nitrogen and oxygen atoms in total. The molecule has 1 atom stereocenters. The summed E-state index contributed by atoms with van der Waals surface area (Å²) in [5.41, 5.74) is 9.39. The van der Waals surface area contributed by atoms with Crippen molar-refractivity contribution in [2.24, 2.45) is 5.73 Å². The Morgan fingerprint density at radius 3 is 2.70 bits per heavy atom. The molecule has 3 rings (SSSR count). The number of hydrogen-bond acceptors (Lipinski definition) is 2. The Hall–Kier alpha value is -1.51. The summed E-state index contributed by atoms with van der Waals surface area (Å²) in [5.74, 6) is 0.893. The second kappa shape index (κ2) is 5.47. The minimum absolute atomic E-state index is 0.231. The van der Waals surface area contributed by atoms with Crippen molar-refractivity contribution in [1.29, 1.82) is 0 Å². The van der Waals surface area contributed by atoms with Gasteiger partial charge in [-0.3, -0.25) is 0 Å². The van der Waals surface area contributed by atoms with Crippen LogP contribution < -0.4 is 10.5 Å². The van der Waals surface area contributed by atoms with Crippen LogP contribution in [0.15, 0.2) is 42.5 Å². The van der Waals surface area contributed by atoms with Gasteiger partial charge in [-0.2, -0.15) is 0 Å². The quantitative estimate of drug-likeness (QED) is 0.913. The maximum absolute atomic E-state index is 6.36. The van der Waals surface area contributed by atoms with E-state index in [1.54, 1.807) is 0 Å². The first kappa shape index (κ1) is 13.5. The molecule has 0 aromatic heterocycles. The molecule has 0 bridgehead atoms. The Balaban J connectivity index is 1.89. The minimum atomic E-state index is -0.231. The minimum Gasteiger partial charge on any atom is -0.490 e. The molecule has 1 aliphatic carbocycles. The molecule has 2 aromatic rings. The maximum Gasteiger partial charge on any atom is 0.120 e. The van der Waals surface area contributed by atoms with E-state index in [-0.39, 0.29) is 6.04 Å². The van der Waals surface area contributed by atoms with E-state index in [0.717, 1.165) is 40.3 Å². The summed E-state index contributed by atoms with van der Waals surface area (Å²) in [6.07, 6.45) is 2.70. The molecular weight excluding hydrogens is 270 g/mol. The topological polar surface area (TPSA) is 35.2 Å². The summed E-state index contributed by atoms with van der Waals surface area (Å²) < 4.78 is 5.82. The van der Waals surface area contributed by atoms with Crippen LogP contribution in [-0.4, -0.2) is 6.10 Å². The lowest BCUT2D eigenvalue weighted by atomic mass is 9.98. The molecule has 2 aromatic carbocycles. The van der Waals surface area contributed by atoms with Crippen LogP contribution in [0.3, 0.4) is 0 Å². The van der Waals surface area contributed by atoms with Gasteiger partial charge >= 0.3 is 0 Å². The van der Waals surface area contributed by atoms with Crippen molar-refractivity contribution >= 4 is 11.6 Å². The van der Waals surface area contributed by atoms with Gasteiger partial charge in [0, 0.05) is 5.02 Å². The molecule has 0 aliphatic heterocycles. The molecule has 1 saturated carbocycles. The van der Waals surface area contributed by atoms with E-state index in [9.17, 15) is 0 Å². The average molecular weight is 288 g/mol. The Labute approximate surface area is 124 Å². The third-order valence-corrected chi connectivity index (χ3v) is 4.12. The smallest absolute Gasteiger partial charge is 0.120 e. The predicted octanol–water partition coefficient (Wildman–Crippen LogP) is 4.24. The van der Waals surface area contributed by atoms with Gasteiger partial charge < -0.3 is 10.5 Å². The lowest BCUT2D eigenvalue weighted by molar-refractivity contribution is 0.303. The van der Waals surface area contributed by atoms with Crippen LogP contribution in [0.25, 0.3) is 0 Å². The highest BCUT2D eigenvalue weighted by Crippen LogP contribution is 2.32. The largest absolute Gasteiger partial charge is 0.490 e. The van der Waals surface area contributed by atoms with E-state index in [1.807, 2.05) is 49.4 Å². The highest BCUT2D eigenvalue weighted by Gasteiger charge is 2.23. The number of nitrogens with two attached hydrogens (primary N) is 1. The molecular formula is C17H18ClNO. The molecule has 3 heteroatoms. The van der Waals surface area contributed by atoms with Gasteiger partial charge in [-0.05, 0) is 48.6 Å². The summed E-state index contributed by atoms with van der Waals surface area (Å²) in [6.45, 7) is 1.99. The van der Waals surface area contributed by atoms with Gasteiger partial charge in [-0.15, -0.1) is 0 Å².